The van der Waals surface area contributed by atoms with E-state index in [1.165, 1.54) is 0 Å². The fourth-order valence-corrected chi connectivity index (χ4v) is 2.16. The molecule has 21 heavy (non-hydrogen) atoms. The van der Waals surface area contributed by atoms with Crippen molar-refractivity contribution in [2.45, 2.75) is 44.8 Å². The van der Waals surface area contributed by atoms with Gasteiger partial charge in [0, 0.05) is 13.6 Å². The van der Waals surface area contributed by atoms with Crippen molar-refractivity contribution in [2.24, 2.45) is 0 Å². The van der Waals surface area contributed by atoms with Gasteiger partial charge in [-0.1, -0.05) is 11.6 Å². The first kappa shape index (κ1) is 15.9. The number of rotatable bonds is 4. The molecule has 0 aromatic carbocycles. The number of hydrogen-bond acceptors (Lipinski definition) is 4. The molecule has 1 fully saturated rings. The number of carbonyl (C=O) groups is 1. The Bertz CT molecular complexity index is 507. The second kappa shape index (κ2) is 5.72. The van der Waals surface area contributed by atoms with Crippen molar-refractivity contribution in [3.63, 3.8) is 0 Å². The van der Waals surface area contributed by atoms with E-state index in [0.29, 0.717) is 11.7 Å². The molecular weight excluding hydrogens is 290 g/mol. The van der Waals surface area contributed by atoms with Crippen molar-refractivity contribution in [3.8, 4) is 0 Å². The highest BCUT2D eigenvalue weighted by Crippen LogP contribution is 2.41. The number of hydrogen-bond donors (Lipinski definition) is 1. The summed E-state index contributed by atoms with van der Waals surface area (Å²) in [4.78, 5) is 17.9. The summed E-state index contributed by atoms with van der Waals surface area (Å²) in [7, 11) is 1.79. The zero-order valence-corrected chi connectivity index (χ0v) is 13.7. The van der Waals surface area contributed by atoms with Gasteiger partial charge < -0.3 is 15.0 Å². The molecule has 1 amide bonds. The maximum Gasteiger partial charge on any atom is 0.410 e. The molecule has 0 saturated heterocycles. The standard InChI is InChI=1S/C15H22ClN3O2/c1-14(2,3)21-13(20)19(4)15(7-8-15)10-18-11-5-6-12(16)17-9-11/h5-6,9,18H,7-8,10H2,1-4H3. The molecule has 0 unspecified atom stereocenters. The van der Waals surface area contributed by atoms with Crippen LogP contribution in [0.25, 0.3) is 0 Å². The number of likely N-dealkylation sites (N-methyl/N-ethyl adjacent to an activating group) is 1. The zero-order valence-electron chi connectivity index (χ0n) is 12.9. The molecule has 0 bridgehead atoms. The van der Waals surface area contributed by atoms with Crippen LogP contribution in [0.2, 0.25) is 5.15 Å². The molecular formula is C15H22ClN3O2. The molecule has 6 heteroatoms. The Hall–Kier alpha value is -1.49. The van der Waals surface area contributed by atoms with Gasteiger partial charge in [0.05, 0.1) is 17.4 Å². The Kier molecular flexibility index (Phi) is 4.33. The average molecular weight is 312 g/mol. The van der Waals surface area contributed by atoms with Crippen molar-refractivity contribution in [1.29, 1.82) is 0 Å². The topological polar surface area (TPSA) is 54.5 Å². The summed E-state index contributed by atoms with van der Waals surface area (Å²) in [6, 6.07) is 3.61. The van der Waals surface area contributed by atoms with Gasteiger partial charge in [-0.3, -0.25) is 0 Å². The number of ether oxygens (including phenoxy) is 1. The highest BCUT2D eigenvalue weighted by molar-refractivity contribution is 6.29. The lowest BCUT2D eigenvalue weighted by molar-refractivity contribution is 0.0206. The van der Waals surface area contributed by atoms with Gasteiger partial charge in [-0.25, -0.2) is 9.78 Å². The van der Waals surface area contributed by atoms with Gasteiger partial charge >= 0.3 is 6.09 Å². The molecule has 1 aromatic heterocycles. The summed E-state index contributed by atoms with van der Waals surface area (Å²) in [5.74, 6) is 0. The Morgan fingerprint density at radius 1 is 1.48 bits per heavy atom. The lowest BCUT2D eigenvalue weighted by Gasteiger charge is -2.31. The predicted molar refractivity (Wildman–Crippen MR) is 83.7 cm³/mol. The van der Waals surface area contributed by atoms with Crippen molar-refractivity contribution in [1.82, 2.24) is 9.88 Å². The van der Waals surface area contributed by atoms with Crippen LogP contribution < -0.4 is 5.32 Å². The molecule has 1 heterocycles. The number of amides is 1. The summed E-state index contributed by atoms with van der Waals surface area (Å²) >= 11 is 5.76. The number of carbonyl (C=O) groups excluding carboxylic acids is 1. The summed E-state index contributed by atoms with van der Waals surface area (Å²) in [5, 5.41) is 3.77. The van der Waals surface area contributed by atoms with Gasteiger partial charge in [-0.15, -0.1) is 0 Å². The Balaban J connectivity index is 1.93. The first-order chi connectivity index (χ1) is 9.72. The van der Waals surface area contributed by atoms with Crippen LogP contribution >= 0.6 is 11.6 Å². The van der Waals surface area contributed by atoms with Gasteiger partial charge in [0.25, 0.3) is 0 Å². The minimum atomic E-state index is -0.477. The third-order valence-corrected chi connectivity index (χ3v) is 3.78. The molecule has 116 valence electrons. The molecule has 1 aliphatic rings. The van der Waals surface area contributed by atoms with E-state index in [4.69, 9.17) is 16.3 Å². The Morgan fingerprint density at radius 2 is 2.14 bits per heavy atom. The van der Waals surface area contributed by atoms with Gasteiger partial charge in [0.15, 0.2) is 0 Å². The smallest absolute Gasteiger partial charge is 0.410 e. The first-order valence-electron chi connectivity index (χ1n) is 7.04. The molecule has 1 N–H and O–H groups in total. The Morgan fingerprint density at radius 3 is 2.62 bits per heavy atom. The summed E-state index contributed by atoms with van der Waals surface area (Å²) < 4.78 is 5.42. The lowest BCUT2D eigenvalue weighted by Crippen LogP contribution is -2.45. The molecule has 0 atom stereocenters. The van der Waals surface area contributed by atoms with Crippen molar-refractivity contribution < 1.29 is 9.53 Å². The van der Waals surface area contributed by atoms with Crippen LogP contribution in [-0.2, 0) is 4.74 Å². The molecule has 1 aliphatic carbocycles. The van der Waals surface area contributed by atoms with Crippen LogP contribution in [-0.4, -0.2) is 40.7 Å². The largest absolute Gasteiger partial charge is 0.444 e. The van der Waals surface area contributed by atoms with Gasteiger partial charge in [0.2, 0.25) is 0 Å². The Labute approximate surface area is 130 Å². The van der Waals surface area contributed by atoms with Crippen LogP contribution in [0, 0.1) is 0 Å². The number of anilines is 1. The van der Waals surface area contributed by atoms with Gasteiger partial charge in [-0.05, 0) is 45.7 Å². The summed E-state index contributed by atoms with van der Waals surface area (Å²) in [5.41, 5.74) is 0.250. The third kappa shape index (κ3) is 4.24. The summed E-state index contributed by atoms with van der Waals surface area (Å²) in [6.45, 7) is 6.29. The van der Waals surface area contributed by atoms with E-state index in [0.717, 1.165) is 18.5 Å². The van der Waals surface area contributed by atoms with E-state index >= 15 is 0 Å². The van der Waals surface area contributed by atoms with Crippen molar-refractivity contribution >= 4 is 23.4 Å². The van der Waals surface area contributed by atoms with Crippen molar-refractivity contribution in [2.75, 3.05) is 18.9 Å². The highest BCUT2D eigenvalue weighted by Gasteiger charge is 2.49. The molecule has 5 nitrogen and oxygen atoms in total. The molecule has 1 saturated carbocycles. The number of halogens is 1. The second-order valence-corrected chi connectivity index (χ2v) is 6.87. The van der Waals surface area contributed by atoms with E-state index < -0.39 is 5.60 Å². The lowest BCUT2D eigenvalue weighted by atomic mass is 10.2. The van der Waals surface area contributed by atoms with Crippen LogP contribution in [0.3, 0.4) is 0 Å². The predicted octanol–water partition coefficient (Wildman–Crippen LogP) is 3.55. The number of nitrogens with zero attached hydrogens (tertiary/aromatic N) is 2. The second-order valence-electron chi connectivity index (χ2n) is 6.49. The van der Waals surface area contributed by atoms with E-state index in [1.807, 2.05) is 26.8 Å². The van der Waals surface area contributed by atoms with Crippen LogP contribution in [0.15, 0.2) is 18.3 Å². The third-order valence-electron chi connectivity index (χ3n) is 3.55. The number of pyridine rings is 1. The summed E-state index contributed by atoms with van der Waals surface area (Å²) in [6.07, 6.45) is 3.34. The number of aromatic nitrogens is 1. The monoisotopic (exact) mass is 311 g/mol. The molecule has 0 radical (unpaired) electrons. The highest BCUT2D eigenvalue weighted by atomic mass is 35.5. The van der Waals surface area contributed by atoms with Crippen LogP contribution in [0.5, 0.6) is 0 Å². The average Bonchev–Trinajstić information content (AvgIpc) is 3.16. The van der Waals surface area contributed by atoms with E-state index in [-0.39, 0.29) is 11.6 Å². The van der Waals surface area contributed by atoms with E-state index in [9.17, 15) is 4.79 Å². The van der Waals surface area contributed by atoms with Gasteiger partial charge in [-0.2, -0.15) is 0 Å². The molecule has 1 aromatic rings. The van der Waals surface area contributed by atoms with Crippen LogP contribution in [0.1, 0.15) is 33.6 Å². The maximum absolute atomic E-state index is 12.1. The normalized spacial score (nSPS) is 16.2. The van der Waals surface area contributed by atoms with Gasteiger partial charge in [0.1, 0.15) is 10.8 Å². The first-order valence-corrected chi connectivity index (χ1v) is 7.42. The SMILES string of the molecule is CN(C(=O)OC(C)(C)C)C1(CNc2ccc(Cl)nc2)CC1. The molecule has 0 spiro atoms. The molecule has 2 rings (SSSR count). The quantitative estimate of drug-likeness (QED) is 0.864. The van der Waals surface area contributed by atoms with Crippen LogP contribution in [0.4, 0.5) is 10.5 Å². The minimum Gasteiger partial charge on any atom is -0.444 e. The fraction of sp³-hybridized carbons (Fsp3) is 0.600. The fourth-order valence-electron chi connectivity index (χ4n) is 2.05. The maximum atomic E-state index is 12.1. The number of nitrogens with one attached hydrogen (secondary N) is 1. The van der Waals surface area contributed by atoms with E-state index in [2.05, 4.69) is 10.3 Å². The minimum absolute atomic E-state index is 0.165. The zero-order chi connectivity index (χ0) is 15.7. The molecule has 0 aliphatic heterocycles. The van der Waals surface area contributed by atoms with Crippen molar-refractivity contribution in [3.05, 3.63) is 23.5 Å². The van der Waals surface area contributed by atoms with E-state index in [1.54, 1.807) is 24.2 Å².